The first kappa shape index (κ1) is 19.6. The fourth-order valence-corrected chi connectivity index (χ4v) is 3.14. The van der Waals surface area contributed by atoms with Gasteiger partial charge in [0.05, 0.1) is 6.04 Å². The standard InChI is InChI=1S/C23H23N3OS/c1-16-8-6-12-20(14-16)26-23(28)24-17(2)19-11-7-13-21(15-19)25-22(27)18-9-4-3-5-10-18/h3-15,17H,1-2H3,(H,25,27)(H2,24,26,28). The lowest BCUT2D eigenvalue weighted by molar-refractivity contribution is 0.102. The van der Waals surface area contributed by atoms with Gasteiger partial charge in [-0.1, -0.05) is 42.5 Å². The number of carbonyl (C=O) groups is 1. The van der Waals surface area contributed by atoms with E-state index in [0.29, 0.717) is 10.7 Å². The van der Waals surface area contributed by atoms with Gasteiger partial charge in [0.1, 0.15) is 0 Å². The van der Waals surface area contributed by atoms with Gasteiger partial charge < -0.3 is 16.0 Å². The van der Waals surface area contributed by atoms with Crippen LogP contribution in [0.3, 0.4) is 0 Å². The quantitative estimate of drug-likeness (QED) is 0.519. The fraction of sp³-hybridized carbons (Fsp3) is 0.130. The summed E-state index contributed by atoms with van der Waals surface area (Å²) >= 11 is 5.43. The molecule has 0 aliphatic heterocycles. The Hall–Kier alpha value is -3.18. The summed E-state index contributed by atoms with van der Waals surface area (Å²) in [6, 6.07) is 24.9. The number of rotatable bonds is 5. The molecule has 0 aliphatic rings. The third-order valence-corrected chi connectivity index (χ3v) is 4.52. The minimum absolute atomic E-state index is 0.0154. The molecule has 3 aromatic rings. The second-order valence-electron chi connectivity index (χ2n) is 6.64. The van der Waals surface area contributed by atoms with Crippen molar-refractivity contribution in [1.82, 2.24) is 5.32 Å². The van der Waals surface area contributed by atoms with E-state index in [9.17, 15) is 4.79 Å². The summed E-state index contributed by atoms with van der Waals surface area (Å²) < 4.78 is 0. The third-order valence-electron chi connectivity index (χ3n) is 4.30. The summed E-state index contributed by atoms with van der Waals surface area (Å²) in [6.07, 6.45) is 0. The first-order valence-corrected chi connectivity index (χ1v) is 9.52. The van der Waals surface area contributed by atoms with Crippen LogP contribution < -0.4 is 16.0 Å². The molecule has 0 aliphatic carbocycles. The zero-order valence-corrected chi connectivity index (χ0v) is 16.7. The molecule has 4 nitrogen and oxygen atoms in total. The number of benzene rings is 3. The first-order valence-electron chi connectivity index (χ1n) is 9.12. The van der Waals surface area contributed by atoms with Gasteiger partial charge in [-0.3, -0.25) is 4.79 Å². The van der Waals surface area contributed by atoms with Crippen molar-refractivity contribution in [3.63, 3.8) is 0 Å². The summed E-state index contributed by atoms with van der Waals surface area (Å²) in [6.45, 7) is 4.07. The van der Waals surface area contributed by atoms with Gasteiger partial charge in [0.25, 0.3) is 5.91 Å². The molecule has 0 saturated carbocycles. The first-order chi connectivity index (χ1) is 13.5. The average molecular weight is 390 g/mol. The van der Waals surface area contributed by atoms with Crippen LogP contribution in [0.4, 0.5) is 11.4 Å². The second-order valence-corrected chi connectivity index (χ2v) is 7.04. The van der Waals surface area contributed by atoms with Crippen molar-refractivity contribution in [3.05, 3.63) is 95.6 Å². The van der Waals surface area contributed by atoms with Crippen molar-refractivity contribution >= 4 is 34.6 Å². The van der Waals surface area contributed by atoms with E-state index < -0.39 is 0 Å². The van der Waals surface area contributed by atoms with Crippen LogP contribution in [0.2, 0.25) is 0 Å². The van der Waals surface area contributed by atoms with Gasteiger partial charge in [-0.05, 0) is 73.6 Å². The van der Waals surface area contributed by atoms with E-state index in [4.69, 9.17) is 12.2 Å². The molecule has 0 saturated heterocycles. The van der Waals surface area contributed by atoms with Crippen LogP contribution in [-0.4, -0.2) is 11.0 Å². The second kappa shape index (κ2) is 9.15. The van der Waals surface area contributed by atoms with E-state index in [1.54, 1.807) is 12.1 Å². The molecule has 0 heterocycles. The molecule has 1 amide bonds. The number of hydrogen-bond donors (Lipinski definition) is 3. The normalized spacial score (nSPS) is 11.4. The van der Waals surface area contributed by atoms with Gasteiger partial charge in [0.15, 0.2) is 5.11 Å². The Morgan fingerprint density at radius 3 is 2.25 bits per heavy atom. The minimum atomic E-state index is -0.130. The van der Waals surface area contributed by atoms with Gasteiger partial charge in [-0.25, -0.2) is 0 Å². The fourth-order valence-electron chi connectivity index (χ4n) is 2.85. The van der Waals surface area contributed by atoms with Crippen molar-refractivity contribution in [2.24, 2.45) is 0 Å². The summed E-state index contributed by atoms with van der Waals surface area (Å²) in [5.41, 5.74) is 4.52. The molecule has 0 bridgehead atoms. The molecule has 0 aromatic heterocycles. The number of hydrogen-bond acceptors (Lipinski definition) is 2. The highest BCUT2D eigenvalue weighted by molar-refractivity contribution is 7.80. The molecule has 3 aromatic carbocycles. The van der Waals surface area contributed by atoms with Crippen LogP contribution in [0.5, 0.6) is 0 Å². The maximum absolute atomic E-state index is 12.3. The van der Waals surface area contributed by atoms with Crippen molar-refractivity contribution in [1.29, 1.82) is 0 Å². The molecule has 3 rings (SSSR count). The Bertz CT molecular complexity index is 972. The van der Waals surface area contributed by atoms with E-state index in [0.717, 1.165) is 16.9 Å². The molecule has 28 heavy (non-hydrogen) atoms. The highest BCUT2D eigenvalue weighted by Crippen LogP contribution is 2.19. The molecule has 5 heteroatoms. The number of amides is 1. The topological polar surface area (TPSA) is 53.2 Å². The van der Waals surface area contributed by atoms with Crippen molar-refractivity contribution < 1.29 is 4.79 Å². The van der Waals surface area contributed by atoms with Gasteiger partial charge in [0, 0.05) is 16.9 Å². The van der Waals surface area contributed by atoms with Crippen molar-refractivity contribution in [2.45, 2.75) is 19.9 Å². The number of carbonyl (C=O) groups excluding carboxylic acids is 1. The summed E-state index contributed by atoms with van der Waals surface area (Å²) in [5, 5.41) is 9.98. The zero-order chi connectivity index (χ0) is 19.9. The van der Waals surface area contributed by atoms with Gasteiger partial charge in [-0.2, -0.15) is 0 Å². The SMILES string of the molecule is Cc1cccc(NC(=S)NC(C)c2cccc(NC(=O)c3ccccc3)c2)c1. The Morgan fingerprint density at radius 1 is 0.857 bits per heavy atom. The van der Waals surface area contributed by atoms with Crippen molar-refractivity contribution in [3.8, 4) is 0 Å². The van der Waals surface area contributed by atoms with Crippen LogP contribution in [0.1, 0.15) is 34.5 Å². The lowest BCUT2D eigenvalue weighted by Crippen LogP contribution is -2.30. The van der Waals surface area contributed by atoms with E-state index in [1.807, 2.05) is 80.6 Å². The lowest BCUT2D eigenvalue weighted by Gasteiger charge is -2.18. The number of thiocarbonyl (C=S) groups is 1. The molecule has 0 fully saturated rings. The van der Waals surface area contributed by atoms with E-state index in [-0.39, 0.29) is 11.9 Å². The number of anilines is 2. The van der Waals surface area contributed by atoms with E-state index in [2.05, 4.69) is 16.0 Å². The Morgan fingerprint density at radius 2 is 1.54 bits per heavy atom. The third kappa shape index (κ3) is 5.41. The minimum Gasteiger partial charge on any atom is -0.356 e. The Labute approximate surface area is 171 Å². The summed E-state index contributed by atoms with van der Waals surface area (Å²) in [7, 11) is 0. The highest BCUT2D eigenvalue weighted by atomic mass is 32.1. The smallest absolute Gasteiger partial charge is 0.255 e. The molecule has 0 radical (unpaired) electrons. The summed E-state index contributed by atoms with van der Waals surface area (Å²) in [4.78, 5) is 12.3. The molecule has 1 unspecified atom stereocenters. The largest absolute Gasteiger partial charge is 0.356 e. The van der Waals surface area contributed by atoms with Gasteiger partial charge >= 0.3 is 0 Å². The van der Waals surface area contributed by atoms with Gasteiger partial charge in [0.2, 0.25) is 0 Å². The number of aryl methyl sites for hydroxylation is 1. The monoisotopic (exact) mass is 389 g/mol. The zero-order valence-electron chi connectivity index (χ0n) is 15.9. The Balaban J connectivity index is 1.62. The molecular formula is C23H23N3OS. The van der Waals surface area contributed by atoms with Gasteiger partial charge in [-0.15, -0.1) is 0 Å². The lowest BCUT2D eigenvalue weighted by atomic mass is 10.1. The maximum Gasteiger partial charge on any atom is 0.255 e. The van der Waals surface area contributed by atoms with Crippen LogP contribution >= 0.6 is 12.2 Å². The Kier molecular flexibility index (Phi) is 6.40. The maximum atomic E-state index is 12.3. The predicted octanol–water partition coefficient (Wildman–Crippen LogP) is 5.29. The number of nitrogens with one attached hydrogen (secondary N) is 3. The van der Waals surface area contributed by atoms with Crippen LogP contribution in [0, 0.1) is 6.92 Å². The van der Waals surface area contributed by atoms with E-state index >= 15 is 0 Å². The highest BCUT2D eigenvalue weighted by Gasteiger charge is 2.10. The summed E-state index contributed by atoms with van der Waals surface area (Å²) in [5.74, 6) is -0.130. The predicted molar refractivity (Wildman–Crippen MR) is 120 cm³/mol. The van der Waals surface area contributed by atoms with Crippen LogP contribution in [0.25, 0.3) is 0 Å². The molecular weight excluding hydrogens is 366 g/mol. The van der Waals surface area contributed by atoms with Crippen molar-refractivity contribution in [2.75, 3.05) is 10.6 Å². The average Bonchev–Trinajstić information content (AvgIpc) is 2.68. The van der Waals surface area contributed by atoms with Crippen LogP contribution in [0.15, 0.2) is 78.9 Å². The van der Waals surface area contributed by atoms with Crippen LogP contribution in [-0.2, 0) is 0 Å². The molecule has 3 N–H and O–H groups in total. The molecule has 0 spiro atoms. The molecule has 1 atom stereocenters. The van der Waals surface area contributed by atoms with E-state index in [1.165, 1.54) is 5.56 Å². The molecule has 142 valence electrons.